The van der Waals surface area contributed by atoms with Crippen LogP contribution in [0.2, 0.25) is 0 Å². The summed E-state index contributed by atoms with van der Waals surface area (Å²) in [5.74, 6) is -0.707. The summed E-state index contributed by atoms with van der Waals surface area (Å²) < 4.78 is 0. The first kappa shape index (κ1) is 19.1. The molecule has 0 rings (SSSR count). The number of ketones is 1. The van der Waals surface area contributed by atoms with Crippen LogP contribution in [0.4, 0.5) is 0 Å². The van der Waals surface area contributed by atoms with Crippen molar-refractivity contribution in [3.05, 3.63) is 0 Å². The third-order valence-corrected chi connectivity index (χ3v) is 3.66. The van der Waals surface area contributed by atoms with Crippen molar-refractivity contribution in [2.24, 2.45) is 21.7 Å². The number of carboxylic acid groups (broad SMARTS) is 1. The first-order valence-corrected chi connectivity index (χ1v) is 7.30. The number of aliphatic carboxylic acids is 1. The van der Waals surface area contributed by atoms with Gasteiger partial charge in [0.1, 0.15) is 5.78 Å². The van der Waals surface area contributed by atoms with Crippen LogP contribution in [0.25, 0.3) is 0 Å². The average Bonchev–Trinajstić information content (AvgIpc) is 2.10. The van der Waals surface area contributed by atoms with Crippen LogP contribution < -0.4 is 0 Å². The Bertz CT molecular complexity index is 382. The van der Waals surface area contributed by atoms with E-state index < -0.39 is 22.2 Å². The molecule has 118 valence electrons. The topological polar surface area (TPSA) is 54.4 Å². The maximum absolute atomic E-state index is 12.9. The lowest BCUT2D eigenvalue weighted by Crippen LogP contribution is -2.42. The average molecular weight is 284 g/mol. The minimum atomic E-state index is -0.892. The highest BCUT2D eigenvalue weighted by molar-refractivity contribution is 5.89. The molecule has 0 bridgehead atoms. The molecule has 0 aliphatic rings. The highest BCUT2D eigenvalue weighted by atomic mass is 16.4. The van der Waals surface area contributed by atoms with E-state index in [1.807, 2.05) is 27.7 Å². The molecular formula is C17H32O3. The number of hydrogen-bond donors (Lipinski definition) is 1. The molecule has 1 N–H and O–H groups in total. The number of Topliss-reactive ketones (excluding diaryl/α,β-unsaturated/α-hetero) is 1. The fourth-order valence-corrected chi connectivity index (χ4v) is 3.58. The molecular weight excluding hydrogens is 252 g/mol. The predicted molar refractivity (Wildman–Crippen MR) is 82.7 cm³/mol. The molecule has 20 heavy (non-hydrogen) atoms. The van der Waals surface area contributed by atoms with E-state index in [-0.39, 0.29) is 11.2 Å². The summed E-state index contributed by atoms with van der Waals surface area (Å²) in [5, 5.41) is 9.26. The van der Waals surface area contributed by atoms with Crippen molar-refractivity contribution in [2.75, 3.05) is 0 Å². The summed E-state index contributed by atoms with van der Waals surface area (Å²) in [6.07, 6.45) is 1.14. The zero-order valence-corrected chi connectivity index (χ0v) is 14.7. The van der Waals surface area contributed by atoms with Gasteiger partial charge in [-0.15, -0.1) is 0 Å². The summed E-state index contributed by atoms with van der Waals surface area (Å²) in [5.41, 5.74) is -1.92. The van der Waals surface area contributed by atoms with Gasteiger partial charge in [0.15, 0.2) is 0 Å². The fraction of sp³-hybridized carbons (Fsp3) is 0.882. The van der Waals surface area contributed by atoms with Gasteiger partial charge >= 0.3 is 5.97 Å². The molecule has 0 saturated carbocycles. The molecule has 3 heteroatoms. The molecule has 0 spiro atoms. The molecule has 0 radical (unpaired) electrons. The van der Waals surface area contributed by atoms with E-state index in [1.54, 1.807) is 13.8 Å². The summed E-state index contributed by atoms with van der Waals surface area (Å²) in [6, 6.07) is 0. The van der Waals surface area contributed by atoms with Gasteiger partial charge in [-0.3, -0.25) is 9.59 Å². The molecule has 0 heterocycles. The second kappa shape index (κ2) is 5.50. The molecule has 0 aromatic rings. The molecule has 0 fully saturated rings. The van der Waals surface area contributed by atoms with Crippen LogP contribution in [0, 0.1) is 21.7 Å². The van der Waals surface area contributed by atoms with Crippen LogP contribution in [0.1, 0.15) is 75.2 Å². The van der Waals surface area contributed by atoms with E-state index in [4.69, 9.17) is 0 Å². The second-order valence-corrected chi connectivity index (χ2v) is 9.20. The van der Waals surface area contributed by atoms with Gasteiger partial charge < -0.3 is 5.11 Å². The van der Waals surface area contributed by atoms with E-state index >= 15 is 0 Å². The number of carbonyl (C=O) groups is 2. The van der Waals surface area contributed by atoms with Crippen LogP contribution >= 0.6 is 0 Å². The van der Waals surface area contributed by atoms with Crippen molar-refractivity contribution >= 4 is 11.8 Å². The monoisotopic (exact) mass is 284 g/mol. The third kappa shape index (κ3) is 5.26. The Morgan fingerprint density at radius 3 is 1.35 bits per heavy atom. The quantitative estimate of drug-likeness (QED) is 0.778. The van der Waals surface area contributed by atoms with E-state index in [2.05, 4.69) is 20.8 Å². The largest absolute Gasteiger partial charge is 0.481 e. The molecule has 0 aromatic carbocycles. The first-order chi connectivity index (χ1) is 8.51. The van der Waals surface area contributed by atoms with Gasteiger partial charge in [-0.05, 0) is 32.1 Å². The van der Waals surface area contributed by atoms with E-state index in [0.29, 0.717) is 6.42 Å². The van der Waals surface area contributed by atoms with Crippen LogP contribution in [0.15, 0.2) is 0 Å². The first-order valence-electron chi connectivity index (χ1n) is 7.30. The fourth-order valence-electron chi connectivity index (χ4n) is 3.58. The van der Waals surface area contributed by atoms with Gasteiger partial charge in [0.2, 0.25) is 0 Å². The van der Waals surface area contributed by atoms with Crippen molar-refractivity contribution in [3.8, 4) is 0 Å². The smallest absolute Gasteiger partial charge is 0.309 e. The Hall–Kier alpha value is -0.860. The van der Waals surface area contributed by atoms with Crippen LogP contribution in [0.5, 0.6) is 0 Å². The third-order valence-electron chi connectivity index (χ3n) is 3.66. The summed E-state index contributed by atoms with van der Waals surface area (Å²) in [6.45, 7) is 17.4. The highest BCUT2D eigenvalue weighted by Gasteiger charge is 2.45. The van der Waals surface area contributed by atoms with Gasteiger partial charge in [0, 0.05) is 10.8 Å². The minimum absolute atomic E-state index is 0.0670. The van der Waals surface area contributed by atoms with E-state index in [0.717, 1.165) is 6.42 Å². The Morgan fingerprint density at radius 1 is 0.700 bits per heavy atom. The van der Waals surface area contributed by atoms with Crippen molar-refractivity contribution in [3.63, 3.8) is 0 Å². The van der Waals surface area contributed by atoms with Gasteiger partial charge in [-0.1, -0.05) is 48.5 Å². The molecule has 0 aliphatic heterocycles. The lowest BCUT2D eigenvalue weighted by atomic mass is 9.63. The number of carboxylic acids is 1. The SMILES string of the molecule is CC(C)(C)CC(C)(C)C(=O)C(C)(C)CC(C)(C)C(=O)O. The molecule has 0 amide bonds. The predicted octanol–water partition coefficient (Wildman–Crippen LogP) is 4.55. The van der Waals surface area contributed by atoms with Gasteiger partial charge in [-0.25, -0.2) is 0 Å². The van der Waals surface area contributed by atoms with Crippen LogP contribution in [-0.2, 0) is 9.59 Å². The van der Waals surface area contributed by atoms with Gasteiger partial charge in [-0.2, -0.15) is 0 Å². The second-order valence-electron chi connectivity index (χ2n) is 9.20. The molecule has 3 nitrogen and oxygen atoms in total. The van der Waals surface area contributed by atoms with Crippen molar-refractivity contribution in [1.82, 2.24) is 0 Å². The highest BCUT2D eigenvalue weighted by Crippen LogP contribution is 2.43. The maximum Gasteiger partial charge on any atom is 0.309 e. The van der Waals surface area contributed by atoms with E-state index in [1.165, 1.54) is 0 Å². The number of rotatable bonds is 6. The van der Waals surface area contributed by atoms with Crippen LogP contribution in [0.3, 0.4) is 0 Å². The Kier molecular flexibility index (Phi) is 5.26. The summed E-state index contributed by atoms with van der Waals surface area (Å²) >= 11 is 0. The standard InChI is InChI=1S/C17H32O3/c1-14(2,3)10-15(4,5)12(18)16(6,7)11-17(8,9)13(19)20/h10-11H2,1-9H3,(H,19,20). The van der Waals surface area contributed by atoms with Gasteiger partial charge in [0.25, 0.3) is 0 Å². The van der Waals surface area contributed by atoms with Crippen molar-refractivity contribution in [2.45, 2.75) is 75.2 Å². The minimum Gasteiger partial charge on any atom is -0.481 e. The summed E-state index contributed by atoms with van der Waals surface area (Å²) in [7, 11) is 0. The summed E-state index contributed by atoms with van der Waals surface area (Å²) in [4.78, 5) is 24.2. The Labute approximate surface area is 124 Å². The van der Waals surface area contributed by atoms with E-state index in [9.17, 15) is 14.7 Å². The lowest BCUT2D eigenvalue weighted by Gasteiger charge is -2.39. The molecule has 0 aromatic heterocycles. The normalized spacial score (nSPS) is 14.2. The number of hydrogen-bond acceptors (Lipinski definition) is 2. The lowest BCUT2D eigenvalue weighted by molar-refractivity contribution is -0.151. The molecule has 0 aliphatic carbocycles. The van der Waals surface area contributed by atoms with Gasteiger partial charge in [0.05, 0.1) is 5.41 Å². The van der Waals surface area contributed by atoms with Crippen molar-refractivity contribution < 1.29 is 14.7 Å². The molecule has 0 atom stereocenters. The molecule has 0 unspecified atom stereocenters. The van der Waals surface area contributed by atoms with Crippen LogP contribution in [-0.4, -0.2) is 16.9 Å². The number of carbonyl (C=O) groups excluding carboxylic acids is 1. The molecule has 0 saturated heterocycles. The zero-order valence-electron chi connectivity index (χ0n) is 14.7. The Morgan fingerprint density at radius 2 is 1.05 bits per heavy atom. The Balaban J connectivity index is 5.22. The maximum atomic E-state index is 12.9. The van der Waals surface area contributed by atoms with Crippen molar-refractivity contribution in [1.29, 1.82) is 0 Å². The zero-order chi connectivity index (χ0) is 16.6.